The monoisotopic (exact) mass is 350 g/mol. The van der Waals surface area contributed by atoms with Gasteiger partial charge in [-0.1, -0.05) is 12.1 Å². The number of esters is 1. The van der Waals surface area contributed by atoms with Gasteiger partial charge in [0, 0.05) is 12.0 Å². The first kappa shape index (κ1) is 16.6. The molecule has 0 radical (unpaired) electrons. The van der Waals surface area contributed by atoms with Crippen molar-refractivity contribution in [3.05, 3.63) is 29.8 Å². The van der Waals surface area contributed by atoms with E-state index >= 15 is 0 Å². The first-order valence-electron chi connectivity index (χ1n) is 7.86. The van der Waals surface area contributed by atoms with Crippen LogP contribution in [-0.4, -0.2) is 38.7 Å². The van der Waals surface area contributed by atoms with Crippen LogP contribution in [0, 0.1) is 0 Å². The Balaban J connectivity index is 1.59. The number of sulfonamides is 1. The fraction of sp³-hybridized carbons (Fsp3) is 0.438. The van der Waals surface area contributed by atoms with Gasteiger partial charge in [0.15, 0.2) is 11.9 Å². The zero-order valence-corrected chi connectivity index (χ0v) is 13.8. The molecular weight excluding hydrogens is 332 g/mol. The molecule has 7 nitrogen and oxygen atoms in total. The van der Waals surface area contributed by atoms with Gasteiger partial charge in [-0.2, -0.15) is 0 Å². The summed E-state index contributed by atoms with van der Waals surface area (Å²) in [7, 11) is -3.58. The Bertz CT molecular complexity index is 800. The third-order valence-corrected chi connectivity index (χ3v) is 5.42. The van der Waals surface area contributed by atoms with Gasteiger partial charge in [0.25, 0.3) is 10.0 Å². The number of nitrogens with zero attached hydrogens (tertiary/aromatic N) is 1. The quantitative estimate of drug-likeness (QED) is 0.821. The van der Waals surface area contributed by atoms with E-state index in [-0.39, 0.29) is 29.5 Å². The summed E-state index contributed by atoms with van der Waals surface area (Å²) in [5, 5.41) is 0. The smallest absolute Gasteiger partial charge is 0.308 e. The molecule has 0 bridgehead atoms. The van der Waals surface area contributed by atoms with Crippen molar-refractivity contribution in [2.45, 2.75) is 43.1 Å². The van der Waals surface area contributed by atoms with Crippen LogP contribution >= 0.6 is 0 Å². The SMILES string of the molecule is O=C(CCN=C1NS(=O)(=O)c2ccccc21)O[C@H]1CCCCC1=O. The van der Waals surface area contributed by atoms with Crippen LogP contribution in [0.25, 0.3) is 0 Å². The van der Waals surface area contributed by atoms with Crippen LogP contribution in [0.1, 0.15) is 37.7 Å². The first-order chi connectivity index (χ1) is 11.5. The maximum absolute atomic E-state index is 11.9. The van der Waals surface area contributed by atoms with E-state index in [4.69, 9.17) is 4.74 Å². The Kier molecular flexibility index (Phi) is 4.66. The Morgan fingerprint density at radius 1 is 1.29 bits per heavy atom. The largest absolute Gasteiger partial charge is 0.454 e. The zero-order valence-electron chi connectivity index (χ0n) is 13.0. The van der Waals surface area contributed by atoms with Crippen LogP contribution in [0.15, 0.2) is 34.2 Å². The van der Waals surface area contributed by atoms with Gasteiger partial charge in [-0.05, 0) is 31.4 Å². The number of fused-ring (bicyclic) bond motifs is 1. The Morgan fingerprint density at radius 3 is 2.88 bits per heavy atom. The molecule has 1 aliphatic heterocycles. The average molecular weight is 350 g/mol. The van der Waals surface area contributed by atoms with Gasteiger partial charge in [0.2, 0.25) is 0 Å². The van der Waals surface area contributed by atoms with Crippen LogP contribution < -0.4 is 4.72 Å². The molecule has 1 atom stereocenters. The van der Waals surface area contributed by atoms with E-state index in [9.17, 15) is 18.0 Å². The lowest BCUT2D eigenvalue weighted by Crippen LogP contribution is -2.30. The molecule has 1 aliphatic carbocycles. The van der Waals surface area contributed by atoms with Crippen LogP contribution in [-0.2, 0) is 24.3 Å². The minimum Gasteiger partial charge on any atom is -0.454 e. The van der Waals surface area contributed by atoms with Crippen molar-refractivity contribution in [1.82, 2.24) is 4.72 Å². The Labute approximate surface area is 140 Å². The number of aliphatic imine (C=N–C) groups is 1. The van der Waals surface area contributed by atoms with Crippen LogP contribution in [0.2, 0.25) is 0 Å². The molecule has 0 unspecified atom stereocenters. The van der Waals surface area contributed by atoms with Crippen molar-refractivity contribution in [2.24, 2.45) is 4.99 Å². The molecule has 0 aromatic heterocycles. The van der Waals surface area contributed by atoms with Crippen LogP contribution in [0.3, 0.4) is 0 Å². The highest BCUT2D eigenvalue weighted by Gasteiger charge is 2.30. The average Bonchev–Trinajstić information content (AvgIpc) is 2.81. The van der Waals surface area contributed by atoms with Crippen molar-refractivity contribution < 1.29 is 22.7 Å². The molecule has 1 aromatic carbocycles. The third kappa shape index (κ3) is 3.48. The number of hydrogen-bond donors (Lipinski definition) is 1. The summed E-state index contributed by atoms with van der Waals surface area (Å²) in [5.74, 6) is -0.292. The van der Waals surface area contributed by atoms with Crippen LogP contribution in [0.5, 0.6) is 0 Å². The van der Waals surface area contributed by atoms with Gasteiger partial charge in [-0.3, -0.25) is 19.3 Å². The fourth-order valence-electron chi connectivity index (χ4n) is 2.80. The molecular formula is C16H18N2O5S. The van der Waals surface area contributed by atoms with Crippen molar-refractivity contribution >= 4 is 27.6 Å². The highest BCUT2D eigenvalue weighted by molar-refractivity contribution is 7.90. The van der Waals surface area contributed by atoms with Gasteiger partial charge in [0.05, 0.1) is 17.9 Å². The standard InChI is InChI=1S/C16H18N2O5S/c19-12-6-2-3-7-13(12)23-15(20)9-10-17-16-11-5-1-4-8-14(11)24(21,22)18-16/h1,4-5,8,13H,2-3,6-7,9-10H2,(H,17,18)/t13-/m0/s1. The predicted molar refractivity (Wildman–Crippen MR) is 86.1 cm³/mol. The number of ether oxygens (including phenoxy) is 1. The number of rotatable bonds is 4. The molecule has 1 heterocycles. The molecule has 1 aromatic rings. The number of hydrogen-bond acceptors (Lipinski definition) is 6. The second kappa shape index (κ2) is 6.72. The van der Waals surface area contributed by atoms with Crippen molar-refractivity contribution in [3.63, 3.8) is 0 Å². The lowest BCUT2D eigenvalue weighted by molar-refractivity contribution is -0.156. The molecule has 1 N–H and O–H groups in total. The van der Waals surface area contributed by atoms with Gasteiger partial charge in [-0.15, -0.1) is 0 Å². The third-order valence-electron chi connectivity index (χ3n) is 4.02. The molecule has 2 aliphatic rings. The minimum absolute atomic E-state index is 0.00280. The molecule has 128 valence electrons. The number of carbonyl (C=O) groups is 2. The van der Waals surface area contributed by atoms with Crippen LogP contribution in [0.4, 0.5) is 0 Å². The summed E-state index contributed by atoms with van der Waals surface area (Å²) in [6.07, 6.45) is 2.12. The number of ketones is 1. The minimum atomic E-state index is -3.58. The van der Waals surface area contributed by atoms with Crippen molar-refractivity contribution in [1.29, 1.82) is 0 Å². The highest BCUT2D eigenvalue weighted by Crippen LogP contribution is 2.22. The van der Waals surface area contributed by atoms with E-state index in [1.54, 1.807) is 18.2 Å². The predicted octanol–water partition coefficient (Wildman–Crippen LogP) is 1.17. The lowest BCUT2D eigenvalue weighted by atomic mass is 9.96. The number of Topliss-reactive ketones (excluding diaryl/α,β-unsaturated/α-hetero) is 1. The number of nitrogens with one attached hydrogen (secondary N) is 1. The summed E-state index contributed by atoms with van der Waals surface area (Å²) < 4.78 is 31.4. The summed E-state index contributed by atoms with van der Waals surface area (Å²) in [6, 6.07) is 6.52. The highest BCUT2D eigenvalue weighted by atomic mass is 32.2. The van der Waals surface area contributed by atoms with Gasteiger partial charge in [0.1, 0.15) is 5.84 Å². The van der Waals surface area contributed by atoms with Gasteiger partial charge < -0.3 is 4.74 Å². The van der Waals surface area contributed by atoms with Crippen molar-refractivity contribution in [3.8, 4) is 0 Å². The summed E-state index contributed by atoms with van der Waals surface area (Å²) in [5.41, 5.74) is 0.494. The topological polar surface area (TPSA) is 102 Å². The molecule has 3 rings (SSSR count). The van der Waals surface area contributed by atoms with E-state index in [1.807, 2.05) is 0 Å². The Morgan fingerprint density at radius 2 is 2.08 bits per heavy atom. The second-order valence-corrected chi connectivity index (χ2v) is 7.42. The summed E-state index contributed by atoms with van der Waals surface area (Å²) in [4.78, 5) is 27.8. The molecule has 0 amide bonds. The van der Waals surface area contributed by atoms with E-state index < -0.39 is 22.1 Å². The van der Waals surface area contributed by atoms with Gasteiger partial charge in [-0.25, -0.2) is 8.42 Å². The van der Waals surface area contributed by atoms with Crippen molar-refractivity contribution in [2.75, 3.05) is 6.54 Å². The van der Waals surface area contributed by atoms with Gasteiger partial charge >= 0.3 is 5.97 Å². The van der Waals surface area contributed by atoms with E-state index in [0.717, 1.165) is 12.8 Å². The fourth-order valence-corrected chi connectivity index (χ4v) is 4.05. The number of amidine groups is 1. The molecule has 8 heteroatoms. The normalized spacial score (nSPS) is 23.6. The summed E-state index contributed by atoms with van der Waals surface area (Å²) >= 11 is 0. The maximum atomic E-state index is 11.9. The summed E-state index contributed by atoms with van der Waals surface area (Å²) in [6.45, 7) is 0.0892. The number of carbonyl (C=O) groups excluding carboxylic acids is 2. The maximum Gasteiger partial charge on any atom is 0.308 e. The lowest BCUT2D eigenvalue weighted by Gasteiger charge is -2.20. The molecule has 1 fully saturated rings. The molecule has 24 heavy (non-hydrogen) atoms. The molecule has 0 saturated heterocycles. The zero-order chi connectivity index (χ0) is 17.2. The van der Waals surface area contributed by atoms with E-state index in [2.05, 4.69) is 9.71 Å². The van der Waals surface area contributed by atoms with E-state index in [0.29, 0.717) is 18.4 Å². The Hall–Kier alpha value is -2.22. The van der Waals surface area contributed by atoms with E-state index in [1.165, 1.54) is 6.07 Å². The second-order valence-electron chi connectivity index (χ2n) is 5.77. The number of benzene rings is 1. The first-order valence-corrected chi connectivity index (χ1v) is 9.34. The molecule has 0 spiro atoms. The molecule has 1 saturated carbocycles.